The van der Waals surface area contributed by atoms with Crippen LogP contribution in [0.2, 0.25) is 0 Å². The van der Waals surface area contributed by atoms with E-state index >= 15 is 0 Å². The molecule has 0 heterocycles. The number of rotatable bonds is 5. The van der Waals surface area contributed by atoms with Gasteiger partial charge in [0.25, 0.3) is 0 Å². The molecule has 2 bridgehead atoms. The molecule has 0 radical (unpaired) electrons. The SMILES string of the molecule is C=C1C[C@]2(N)C[C@](C)(CCC(C)[C@H](C)C3CCCCC3)C[C@](N)(C/C(N)=C(\C)[C@@H](C)C/C=C/C=C3\CC[C@@H]4/C(=N\C)C(C)=C[C@@H]1C34S)C2. The van der Waals surface area contributed by atoms with Crippen LogP contribution >= 0.6 is 12.6 Å². The largest absolute Gasteiger partial charge is 0.402 e. The maximum Gasteiger partial charge on any atom is 0.0524 e. The van der Waals surface area contributed by atoms with Gasteiger partial charge in [-0.15, -0.1) is 0 Å². The highest BCUT2D eigenvalue weighted by atomic mass is 32.1. The van der Waals surface area contributed by atoms with Crippen LogP contribution in [-0.2, 0) is 0 Å². The zero-order chi connectivity index (χ0) is 35.1. The summed E-state index contributed by atoms with van der Waals surface area (Å²) < 4.78 is -0.350. The van der Waals surface area contributed by atoms with Crippen molar-refractivity contribution in [2.75, 3.05) is 7.05 Å². The van der Waals surface area contributed by atoms with Gasteiger partial charge < -0.3 is 17.2 Å². The highest BCUT2D eigenvalue weighted by molar-refractivity contribution is 7.82. The summed E-state index contributed by atoms with van der Waals surface area (Å²) in [6.07, 6.45) is 25.9. The monoisotopic (exact) mass is 675 g/mol. The molecule has 5 heteroatoms. The van der Waals surface area contributed by atoms with Crippen LogP contribution in [0.15, 0.2) is 63.9 Å². The quantitative estimate of drug-likeness (QED) is 0.173. The molecule has 0 aliphatic heterocycles. The van der Waals surface area contributed by atoms with E-state index in [1.165, 1.54) is 66.5 Å². The van der Waals surface area contributed by atoms with Crippen molar-refractivity contribution in [3.05, 3.63) is 58.9 Å². The molecule has 0 spiro atoms. The second kappa shape index (κ2) is 14.6. The van der Waals surface area contributed by atoms with E-state index in [-0.39, 0.29) is 22.0 Å². The first-order chi connectivity index (χ1) is 22.5. The highest BCUT2D eigenvalue weighted by Gasteiger charge is 2.55. The molecule has 3 fully saturated rings. The molecule has 268 valence electrons. The van der Waals surface area contributed by atoms with E-state index in [0.717, 1.165) is 68.9 Å². The average molecular weight is 675 g/mol. The van der Waals surface area contributed by atoms with Crippen LogP contribution in [0.3, 0.4) is 0 Å². The summed E-state index contributed by atoms with van der Waals surface area (Å²) in [5.41, 5.74) is 28.6. The molecule has 2 unspecified atom stereocenters. The zero-order valence-electron chi connectivity index (χ0n) is 31.7. The van der Waals surface area contributed by atoms with Gasteiger partial charge in [-0.2, -0.15) is 12.6 Å². The smallest absolute Gasteiger partial charge is 0.0524 e. The molecule has 6 N–H and O–H groups in total. The molecule has 0 saturated heterocycles. The van der Waals surface area contributed by atoms with Crippen LogP contribution in [0.5, 0.6) is 0 Å². The lowest BCUT2D eigenvalue weighted by atomic mass is 9.55. The average Bonchev–Trinajstić information content (AvgIpc) is 3.35. The van der Waals surface area contributed by atoms with Crippen molar-refractivity contribution in [3.63, 3.8) is 0 Å². The van der Waals surface area contributed by atoms with Crippen molar-refractivity contribution in [1.82, 2.24) is 0 Å². The Balaban J connectivity index is 1.51. The molecule has 0 aromatic heterocycles. The summed E-state index contributed by atoms with van der Waals surface area (Å²) in [5.74, 6) is 3.06. The third-order valence-corrected chi connectivity index (χ3v) is 15.0. The van der Waals surface area contributed by atoms with Crippen LogP contribution in [0.4, 0.5) is 0 Å². The van der Waals surface area contributed by atoms with E-state index in [2.05, 4.69) is 65.8 Å². The van der Waals surface area contributed by atoms with E-state index in [4.69, 9.17) is 41.4 Å². The molecule has 0 aromatic rings. The maximum atomic E-state index is 7.69. The van der Waals surface area contributed by atoms with Gasteiger partial charge in [0.05, 0.1) is 4.75 Å². The molecular weight excluding hydrogens is 605 g/mol. The summed E-state index contributed by atoms with van der Waals surface area (Å²) in [4.78, 5) is 4.81. The van der Waals surface area contributed by atoms with Gasteiger partial charge in [-0.25, -0.2) is 0 Å². The topological polar surface area (TPSA) is 90.4 Å². The van der Waals surface area contributed by atoms with E-state index in [9.17, 15) is 0 Å². The Morgan fingerprint density at radius 3 is 2.35 bits per heavy atom. The van der Waals surface area contributed by atoms with Gasteiger partial charge in [0.2, 0.25) is 0 Å². The first-order valence-corrected chi connectivity index (χ1v) is 19.9. The van der Waals surface area contributed by atoms with E-state index in [1.807, 2.05) is 7.05 Å². The van der Waals surface area contributed by atoms with Crippen molar-refractivity contribution in [3.8, 4) is 0 Å². The fourth-order valence-electron chi connectivity index (χ4n) is 11.4. The molecule has 3 saturated carbocycles. The predicted octanol–water partition coefficient (Wildman–Crippen LogP) is 10.0. The zero-order valence-corrected chi connectivity index (χ0v) is 32.6. The van der Waals surface area contributed by atoms with Crippen molar-refractivity contribution < 1.29 is 0 Å². The Morgan fingerprint density at radius 2 is 1.69 bits per heavy atom. The first-order valence-electron chi connectivity index (χ1n) is 19.5. The lowest BCUT2D eigenvalue weighted by Gasteiger charge is -2.54. The van der Waals surface area contributed by atoms with Gasteiger partial charge in [0.1, 0.15) is 0 Å². The molecule has 5 rings (SSSR count). The molecule has 5 aliphatic rings. The third kappa shape index (κ3) is 7.69. The number of hydrogen-bond acceptors (Lipinski definition) is 5. The normalized spacial score (nSPS) is 44.0. The van der Waals surface area contributed by atoms with Crippen LogP contribution < -0.4 is 17.2 Å². The number of hydrogen-bond donors (Lipinski definition) is 4. The summed E-state index contributed by atoms with van der Waals surface area (Å²) in [7, 11) is 1.94. The lowest BCUT2D eigenvalue weighted by Crippen LogP contribution is -2.61. The Bertz CT molecular complexity index is 1360. The van der Waals surface area contributed by atoms with Crippen molar-refractivity contribution in [1.29, 1.82) is 0 Å². The third-order valence-electron chi connectivity index (χ3n) is 14.1. The lowest BCUT2D eigenvalue weighted by molar-refractivity contribution is 0.0478. The number of nitrogens with two attached hydrogens (primary N) is 3. The standard InChI is InChI=1S/C43H70N4S/c1-28-14-12-13-17-35-18-19-36-39(47-8)30(3)22-37(43(35,36)48)31(4)23-41(45)25-40(7,26-42(46,27-41)24-38(44)33(28)6)21-20-29(2)32(5)34-15-10-9-11-16-34/h12-13,17,22,28-29,32,34,36-37,48H,4,9-11,14-16,18-21,23-27,44-46H2,1-3,5-8H3/b13-12+,35-17+,38-33-,47-39-/t28-,29?,32-,36+,37-,40-,41-,42+,43?/m0/s1. The van der Waals surface area contributed by atoms with Gasteiger partial charge in [-0.1, -0.05) is 107 Å². The Kier molecular flexibility index (Phi) is 11.5. The Hall–Kier alpha value is -1.56. The van der Waals surface area contributed by atoms with Gasteiger partial charge >= 0.3 is 0 Å². The Labute approximate surface area is 300 Å². The maximum absolute atomic E-state index is 7.69. The minimum absolute atomic E-state index is 0.0382. The van der Waals surface area contributed by atoms with Crippen molar-refractivity contribution in [2.45, 2.75) is 154 Å². The van der Waals surface area contributed by atoms with Crippen LogP contribution in [-0.4, -0.2) is 28.6 Å². The van der Waals surface area contributed by atoms with Gasteiger partial charge in [-0.05, 0) is 106 Å². The van der Waals surface area contributed by atoms with E-state index in [0.29, 0.717) is 18.3 Å². The second-order valence-corrected chi connectivity index (χ2v) is 18.9. The number of allylic oxidation sites excluding steroid dienone is 6. The fourth-order valence-corrected chi connectivity index (χ4v) is 12.1. The number of nitrogens with zero attached hydrogens (tertiary/aromatic N) is 1. The Morgan fingerprint density at radius 1 is 1.02 bits per heavy atom. The molecule has 9 atom stereocenters. The van der Waals surface area contributed by atoms with Crippen LogP contribution in [0, 0.1) is 40.9 Å². The van der Waals surface area contributed by atoms with Crippen molar-refractivity contribution >= 4 is 18.3 Å². The minimum atomic E-state index is -0.461. The molecular formula is C43H70N4S. The number of thiol groups is 1. The second-order valence-electron chi connectivity index (χ2n) is 18.2. The van der Waals surface area contributed by atoms with Gasteiger partial charge in [0.15, 0.2) is 0 Å². The molecule has 0 amide bonds. The summed E-state index contributed by atoms with van der Waals surface area (Å²) in [5, 5.41) is 0. The highest BCUT2D eigenvalue weighted by Crippen LogP contribution is 2.58. The number of aliphatic imine (C=N–C) groups is 1. The van der Waals surface area contributed by atoms with E-state index in [1.54, 1.807) is 0 Å². The summed E-state index contributed by atoms with van der Waals surface area (Å²) >= 11 is 5.64. The summed E-state index contributed by atoms with van der Waals surface area (Å²) in [6, 6.07) is 0. The van der Waals surface area contributed by atoms with Gasteiger partial charge in [0, 0.05) is 47.8 Å². The van der Waals surface area contributed by atoms with Crippen molar-refractivity contribution in [2.24, 2.45) is 63.1 Å². The molecule has 48 heavy (non-hydrogen) atoms. The predicted molar refractivity (Wildman–Crippen MR) is 211 cm³/mol. The van der Waals surface area contributed by atoms with Gasteiger partial charge in [-0.3, -0.25) is 4.99 Å². The molecule has 4 nitrogen and oxygen atoms in total. The van der Waals surface area contributed by atoms with Crippen LogP contribution in [0.25, 0.3) is 0 Å². The van der Waals surface area contributed by atoms with Crippen LogP contribution in [0.1, 0.15) is 138 Å². The molecule has 0 aromatic carbocycles. The molecule has 5 aliphatic carbocycles. The first kappa shape index (κ1) is 37.7. The van der Waals surface area contributed by atoms with E-state index < -0.39 is 11.1 Å². The minimum Gasteiger partial charge on any atom is -0.402 e. The summed E-state index contributed by atoms with van der Waals surface area (Å²) in [6.45, 7) is 19.1. The number of fused-ring (bicyclic) bond motifs is 2. The fraction of sp³-hybridized carbons (Fsp3) is 0.744.